The molecule has 6 rings (SSSR count). The van der Waals surface area contributed by atoms with Crippen LogP contribution in [0.25, 0.3) is 0 Å². The van der Waals surface area contributed by atoms with E-state index in [1.165, 1.54) is 10.0 Å². The monoisotopic (exact) mass is 744 g/mol. The number of benzene rings is 2. The molecule has 0 aromatic heterocycles. The van der Waals surface area contributed by atoms with E-state index in [4.69, 9.17) is 0 Å². The molecule has 4 amide bonds. The van der Waals surface area contributed by atoms with Gasteiger partial charge in [-0.2, -0.15) is 0 Å². The van der Waals surface area contributed by atoms with Crippen molar-refractivity contribution in [3.63, 3.8) is 0 Å². The Morgan fingerprint density at radius 2 is 0.926 bits per heavy atom. The molecule has 2 aromatic rings. The van der Waals surface area contributed by atoms with Crippen molar-refractivity contribution >= 4 is 35.6 Å². The summed E-state index contributed by atoms with van der Waals surface area (Å²) in [6.45, 7) is 2.23. The van der Waals surface area contributed by atoms with Gasteiger partial charge in [-0.1, -0.05) is 60.7 Å². The number of hydrogen-bond donors (Lipinski definition) is 4. The SMILES string of the molecule is O=C(NC1CCCN2CCCC(C(=O)O)N2C1=O)C(CCC(Cc1ccccc1)C(=O)NC1CCCN2CCCC(C(=O)O)N2C1=O)Cc1ccccc1. The van der Waals surface area contributed by atoms with Crippen molar-refractivity contribution in [2.45, 2.75) is 101 Å². The summed E-state index contributed by atoms with van der Waals surface area (Å²) in [5, 5.41) is 32.1. The number of aliphatic carboxylic acids is 2. The summed E-state index contributed by atoms with van der Waals surface area (Å²) in [5.41, 5.74) is 1.84. The molecule has 14 heteroatoms. The fourth-order valence-corrected chi connectivity index (χ4v) is 8.49. The van der Waals surface area contributed by atoms with Gasteiger partial charge in [-0.25, -0.2) is 19.6 Å². The van der Waals surface area contributed by atoms with Gasteiger partial charge in [0.1, 0.15) is 24.2 Å². The number of carboxylic acid groups (broad SMARTS) is 2. The first-order chi connectivity index (χ1) is 26.1. The maximum absolute atomic E-state index is 14.2. The van der Waals surface area contributed by atoms with Crippen molar-refractivity contribution in [1.29, 1.82) is 0 Å². The van der Waals surface area contributed by atoms with E-state index in [1.807, 2.05) is 60.7 Å². The predicted molar refractivity (Wildman–Crippen MR) is 197 cm³/mol. The Morgan fingerprint density at radius 3 is 1.28 bits per heavy atom. The van der Waals surface area contributed by atoms with E-state index < -0.39 is 59.8 Å². The molecule has 4 aliphatic heterocycles. The molecule has 4 N–H and O–H groups in total. The highest BCUT2D eigenvalue weighted by molar-refractivity contribution is 5.92. The zero-order valence-corrected chi connectivity index (χ0v) is 30.7. The average Bonchev–Trinajstić information content (AvgIpc) is 3.43. The summed E-state index contributed by atoms with van der Waals surface area (Å²) in [6.07, 6.45) is 5.37. The number of carboxylic acids is 2. The Labute approximate surface area is 315 Å². The minimum Gasteiger partial charge on any atom is -0.480 e. The number of hydrazine groups is 2. The Balaban J connectivity index is 1.20. The molecule has 2 aromatic carbocycles. The van der Waals surface area contributed by atoms with Crippen LogP contribution in [-0.4, -0.2) is 116 Å². The van der Waals surface area contributed by atoms with Crippen LogP contribution in [0.2, 0.25) is 0 Å². The number of amides is 4. The summed E-state index contributed by atoms with van der Waals surface area (Å²) in [4.78, 5) is 80.3. The lowest BCUT2D eigenvalue weighted by atomic mass is 9.86. The van der Waals surface area contributed by atoms with Gasteiger partial charge in [0.2, 0.25) is 11.8 Å². The van der Waals surface area contributed by atoms with Crippen LogP contribution in [0, 0.1) is 11.8 Å². The van der Waals surface area contributed by atoms with Gasteiger partial charge >= 0.3 is 11.9 Å². The van der Waals surface area contributed by atoms with Crippen molar-refractivity contribution in [3.8, 4) is 0 Å². The molecule has 290 valence electrons. The lowest BCUT2D eigenvalue weighted by molar-refractivity contribution is -0.174. The zero-order chi connectivity index (χ0) is 38.2. The largest absolute Gasteiger partial charge is 0.480 e. The summed E-state index contributed by atoms with van der Waals surface area (Å²) in [5.74, 6) is -4.86. The molecule has 0 saturated carbocycles. The smallest absolute Gasteiger partial charge is 0.328 e. The number of fused-ring (bicyclic) bond motifs is 2. The Bertz CT molecular complexity index is 1540. The third-order valence-electron chi connectivity index (χ3n) is 11.3. The van der Waals surface area contributed by atoms with Crippen LogP contribution in [0.15, 0.2) is 60.7 Å². The van der Waals surface area contributed by atoms with Gasteiger partial charge < -0.3 is 20.8 Å². The van der Waals surface area contributed by atoms with E-state index in [-0.39, 0.29) is 11.8 Å². The molecule has 6 atom stereocenters. The Morgan fingerprint density at radius 1 is 0.574 bits per heavy atom. The molecule has 0 bridgehead atoms. The molecule has 4 aliphatic rings. The second kappa shape index (κ2) is 18.0. The molecule has 4 saturated heterocycles. The number of nitrogens with one attached hydrogen (secondary N) is 2. The number of hydrogen-bond acceptors (Lipinski definition) is 8. The molecule has 4 fully saturated rings. The van der Waals surface area contributed by atoms with E-state index in [0.717, 1.165) is 11.1 Å². The van der Waals surface area contributed by atoms with Crippen LogP contribution in [0.5, 0.6) is 0 Å². The van der Waals surface area contributed by atoms with E-state index >= 15 is 0 Å². The highest BCUT2D eigenvalue weighted by Crippen LogP contribution is 2.28. The Kier molecular flexibility index (Phi) is 13.0. The number of carbonyl (C=O) groups excluding carboxylic acids is 4. The van der Waals surface area contributed by atoms with E-state index in [9.17, 15) is 39.0 Å². The highest BCUT2D eigenvalue weighted by Gasteiger charge is 2.44. The van der Waals surface area contributed by atoms with Crippen LogP contribution < -0.4 is 10.6 Å². The van der Waals surface area contributed by atoms with E-state index in [1.54, 1.807) is 10.0 Å². The molecule has 54 heavy (non-hydrogen) atoms. The number of carbonyl (C=O) groups is 6. The predicted octanol–water partition coefficient (Wildman–Crippen LogP) is 2.63. The van der Waals surface area contributed by atoms with Gasteiger partial charge in [0.15, 0.2) is 0 Å². The first-order valence-electron chi connectivity index (χ1n) is 19.4. The summed E-state index contributed by atoms with van der Waals surface area (Å²) < 4.78 is 0. The van der Waals surface area contributed by atoms with Gasteiger partial charge in [0.05, 0.1) is 0 Å². The van der Waals surface area contributed by atoms with E-state index in [2.05, 4.69) is 10.6 Å². The van der Waals surface area contributed by atoms with Crippen molar-refractivity contribution in [1.82, 2.24) is 30.7 Å². The Hall–Kier alpha value is -4.82. The first kappa shape index (κ1) is 38.9. The summed E-state index contributed by atoms with van der Waals surface area (Å²) in [6, 6.07) is 15.4. The summed E-state index contributed by atoms with van der Waals surface area (Å²) >= 11 is 0. The topological polar surface area (TPSA) is 180 Å². The van der Waals surface area contributed by atoms with E-state index in [0.29, 0.717) is 103 Å². The van der Waals surface area contributed by atoms with Gasteiger partial charge in [0, 0.05) is 38.0 Å². The average molecular weight is 745 g/mol. The number of rotatable bonds is 13. The van der Waals surface area contributed by atoms with Crippen molar-refractivity contribution < 1.29 is 39.0 Å². The van der Waals surface area contributed by atoms with Gasteiger partial charge in [-0.15, -0.1) is 0 Å². The lowest BCUT2D eigenvalue weighted by Crippen LogP contribution is -2.61. The molecule has 4 heterocycles. The normalized spacial score (nSPS) is 25.0. The van der Waals surface area contributed by atoms with Crippen molar-refractivity contribution in [2.24, 2.45) is 11.8 Å². The third kappa shape index (κ3) is 9.27. The second-order valence-electron chi connectivity index (χ2n) is 15.0. The fourth-order valence-electron chi connectivity index (χ4n) is 8.49. The molecular weight excluding hydrogens is 692 g/mol. The lowest BCUT2D eigenvalue weighted by Gasteiger charge is -2.42. The second-order valence-corrected chi connectivity index (χ2v) is 15.0. The molecule has 0 aliphatic carbocycles. The van der Waals surface area contributed by atoms with Crippen LogP contribution >= 0.6 is 0 Å². The third-order valence-corrected chi connectivity index (χ3v) is 11.3. The minimum atomic E-state index is -1.06. The molecule has 0 radical (unpaired) electrons. The molecule has 14 nitrogen and oxygen atoms in total. The highest BCUT2D eigenvalue weighted by atomic mass is 16.4. The van der Waals surface area contributed by atoms with Crippen molar-refractivity contribution in [2.75, 3.05) is 26.2 Å². The molecule has 0 spiro atoms. The van der Waals surface area contributed by atoms with Crippen LogP contribution in [-0.2, 0) is 41.6 Å². The van der Waals surface area contributed by atoms with Gasteiger partial charge in [-0.05, 0) is 88.2 Å². The quantitative estimate of drug-likeness (QED) is 0.238. The maximum atomic E-state index is 14.2. The van der Waals surface area contributed by atoms with Gasteiger partial charge in [0.25, 0.3) is 11.8 Å². The maximum Gasteiger partial charge on any atom is 0.328 e. The van der Waals surface area contributed by atoms with Crippen LogP contribution in [0.1, 0.15) is 75.3 Å². The molecule has 6 unspecified atom stereocenters. The zero-order valence-electron chi connectivity index (χ0n) is 30.7. The van der Waals surface area contributed by atoms with Crippen LogP contribution in [0.3, 0.4) is 0 Å². The van der Waals surface area contributed by atoms with Gasteiger partial charge in [-0.3, -0.25) is 29.2 Å². The standard InChI is InChI=1S/C40H52N6O8/c47-35(41-31-15-7-21-43-23-9-17-33(39(51)52)45(43)37(31)49)29(25-27-11-3-1-4-12-27)19-20-30(26-28-13-5-2-6-14-28)36(48)42-32-16-8-22-44-24-10-18-34(40(53)54)46(44)38(32)50/h1-6,11-14,29-34H,7-10,15-26H2,(H,41,47)(H,42,48)(H,51,52)(H,53,54). The van der Waals surface area contributed by atoms with Crippen LogP contribution in [0.4, 0.5) is 0 Å². The van der Waals surface area contributed by atoms with Crippen molar-refractivity contribution in [3.05, 3.63) is 71.8 Å². The molecular formula is C40H52N6O8. The first-order valence-corrected chi connectivity index (χ1v) is 19.4. The minimum absolute atomic E-state index is 0.305. The number of nitrogens with zero attached hydrogens (tertiary/aromatic N) is 4. The summed E-state index contributed by atoms with van der Waals surface area (Å²) in [7, 11) is 0. The fraction of sp³-hybridized carbons (Fsp3) is 0.550.